The van der Waals surface area contributed by atoms with Gasteiger partial charge >= 0.3 is 0 Å². The molecule has 1 aliphatic rings. The molecule has 0 aliphatic heterocycles. The zero-order chi connectivity index (χ0) is 14.7. The molecule has 1 aromatic carbocycles. The van der Waals surface area contributed by atoms with Crippen LogP contribution in [0.4, 0.5) is 0 Å². The third-order valence-electron chi connectivity index (χ3n) is 4.48. The second-order valence-corrected chi connectivity index (χ2v) is 5.97. The van der Waals surface area contributed by atoms with Crippen LogP contribution in [0.3, 0.4) is 0 Å². The van der Waals surface area contributed by atoms with Gasteiger partial charge in [0.2, 0.25) is 0 Å². The SMILES string of the molecule is CNC1CCCCc2cn(Cc3ccc(CO)cc3)cc21. The van der Waals surface area contributed by atoms with Crippen molar-refractivity contribution in [2.24, 2.45) is 0 Å². The summed E-state index contributed by atoms with van der Waals surface area (Å²) in [4.78, 5) is 0. The van der Waals surface area contributed by atoms with Crippen LogP contribution >= 0.6 is 0 Å². The predicted octanol–water partition coefficient (Wildman–Crippen LogP) is 3.02. The van der Waals surface area contributed by atoms with E-state index in [0.29, 0.717) is 6.04 Å². The summed E-state index contributed by atoms with van der Waals surface area (Å²) in [5, 5.41) is 12.6. The maximum atomic E-state index is 9.10. The molecule has 3 nitrogen and oxygen atoms in total. The lowest BCUT2D eigenvalue weighted by atomic mass is 10.1. The molecule has 1 heterocycles. The molecule has 1 atom stereocenters. The zero-order valence-corrected chi connectivity index (χ0v) is 12.7. The highest BCUT2D eigenvalue weighted by Gasteiger charge is 2.19. The largest absolute Gasteiger partial charge is 0.392 e. The van der Waals surface area contributed by atoms with Gasteiger partial charge in [0.05, 0.1) is 6.61 Å². The summed E-state index contributed by atoms with van der Waals surface area (Å²) in [6.45, 7) is 1.01. The van der Waals surface area contributed by atoms with Crippen molar-refractivity contribution in [1.29, 1.82) is 0 Å². The fraction of sp³-hybridized carbons (Fsp3) is 0.444. The minimum atomic E-state index is 0.113. The number of nitrogens with zero attached hydrogens (tertiary/aromatic N) is 1. The lowest BCUT2D eigenvalue weighted by Crippen LogP contribution is -2.15. The average Bonchev–Trinajstić information content (AvgIpc) is 2.81. The lowest BCUT2D eigenvalue weighted by Gasteiger charge is -2.13. The molecule has 2 N–H and O–H groups in total. The normalized spacial score (nSPS) is 18.3. The molecule has 21 heavy (non-hydrogen) atoms. The van der Waals surface area contributed by atoms with Gasteiger partial charge in [0.15, 0.2) is 0 Å². The van der Waals surface area contributed by atoms with E-state index in [2.05, 4.69) is 41.5 Å². The fourth-order valence-electron chi connectivity index (χ4n) is 3.27. The molecule has 1 aromatic heterocycles. The number of aliphatic hydroxyl groups excluding tert-OH is 1. The lowest BCUT2D eigenvalue weighted by molar-refractivity contribution is 0.282. The van der Waals surface area contributed by atoms with Gasteiger partial charge in [-0.3, -0.25) is 0 Å². The molecular formula is C18H24N2O. The van der Waals surface area contributed by atoms with Crippen LogP contribution in [-0.4, -0.2) is 16.7 Å². The van der Waals surface area contributed by atoms with E-state index in [1.165, 1.54) is 42.4 Å². The van der Waals surface area contributed by atoms with E-state index >= 15 is 0 Å². The van der Waals surface area contributed by atoms with Gasteiger partial charge in [-0.2, -0.15) is 0 Å². The molecule has 2 aromatic rings. The standard InChI is InChI=1S/C18H24N2O/c1-19-18-5-3-2-4-16-11-20(12-17(16)18)10-14-6-8-15(13-21)9-7-14/h6-9,11-12,18-19,21H,2-5,10,13H2,1H3. The van der Waals surface area contributed by atoms with Gasteiger partial charge in [0.1, 0.15) is 0 Å². The van der Waals surface area contributed by atoms with Gasteiger partial charge < -0.3 is 15.0 Å². The van der Waals surface area contributed by atoms with E-state index in [-0.39, 0.29) is 6.61 Å². The summed E-state index contributed by atoms with van der Waals surface area (Å²) in [6.07, 6.45) is 9.65. The van der Waals surface area contributed by atoms with Crippen LogP contribution < -0.4 is 5.32 Å². The van der Waals surface area contributed by atoms with Crippen LogP contribution in [0.15, 0.2) is 36.7 Å². The Morgan fingerprint density at radius 1 is 1.14 bits per heavy atom. The van der Waals surface area contributed by atoms with Crippen molar-refractivity contribution in [1.82, 2.24) is 9.88 Å². The van der Waals surface area contributed by atoms with Gasteiger partial charge in [-0.15, -0.1) is 0 Å². The van der Waals surface area contributed by atoms with E-state index < -0.39 is 0 Å². The number of aryl methyl sites for hydroxylation is 1. The van der Waals surface area contributed by atoms with Crippen molar-refractivity contribution >= 4 is 0 Å². The van der Waals surface area contributed by atoms with E-state index in [1.54, 1.807) is 0 Å². The topological polar surface area (TPSA) is 37.2 Å². The van der Waals surface area contributed by atoms with Crippen molar-refractivity contribution in [2.75, 3.05) is 7.05 Å². The Hall–Kier alpha value is -1.58. The molecule has 0 bridgehead atoms. The Morgan fingerprint density at radius 3 is 2.62 bits per heavy atom. The molecule has 0 saturated heterocycles. The second-order valence-electron chi connectivity index (χ2n) is 5.97. The smallest absolute Gasteiger partial charge is 0.0681 e. The second kappa shape index (κ2) is 6.46. The van der Waals surface area contributed by atoms with Gasteiger partial charge in [0, 0.05) is 25.0 Å². The summed E-state index contributed by atoms with van der Waals surface area (Å²) < 4.78 is 2.30. The molecule has 0 saturated carbocycles. The summed E-state index contributed by atoms with van der Waals surface area (Å²) in [5.74, 6) is 0. The summed E-state index contributed by atoms with van der Waals surface area (Å²) >= 11 is 0. The third kappa shape index (κ3) is 3.20. The molecule has 0 spiro atoms. The van der Waals surface area contributed by atoms with Crippen LogP contribution in [0.5, 0.6) is 0 Å². The number of hydrogen-bond acceptors (Lipinski definition) is 2. The number of rotatable bonds is 4. The summed E-state index contributed by atoms with van der Waals surface area (Å²) in [7, 11) is 2.06. The van der Waals surface area contributed by atoms with Gasteiger partial charge in [-0.1, -0.05) is 30.7 Å². The maximum absolute atomic E-state index is 9.10. The molecule has 1 aliphatic carbocycles. The molecule has 0 fully saturated rings. The maximum Gasteiger partial charge on any atom is 0.0681 e. The van der Waals surface area contributed by atoms with Crippen LogP contribution in [0.2, 0.25) is 0 Å². The monoisotopic (exact) mass is 284 g/mol. The van der Waals surface area contributed by atoms with Crippen LogP contribution in [0.1, 0.15) is 47.6 Å². The molecule has 0 radical (unpaired) electrons. The molecule has 3 heteroatoms. The molecule has 3 rings (SSSR count). The minimum Gasteiger partial charge on any atom is -0.392 e. The van der Waals surface area contributed by atoms with Crippen molar-refractivity contribution in [3.63, 3.8) is 0 Å². The quantitative estimate of drug-likeness (QED) is 0.847. The van der Waals surface area contributed by atoms with Crippen molar-refractivity contribution in [3.8, 4) is 0 Å². The van der Waals surface area contributed by atoms with Crippen molar-refractivity contribution in [3.05, 3.63) is 58.9 Å². The van der Waals surface area contributed by atoms with Crippen molar-refractivity contribution in [2.45, 2.75) is 44.9 Å². The molecule has 1 unspecified atom stereocenters. The van der Waals surface area contributed by atoms with E-state index in [1.807, 2.05) is 12.1 Å². The highest BCUT2D eigenvalue weighted by Crippen LogP contribution is 2.29. The third-order valence-corrected chi connectivity index (χ3v) is 4.48. The Labute approximate surface area is 126 Å². The Morgan fingerprint density at radius 2 is 1.90 bits per heavy atom. The van der Waals surface area contributed by atoms with E-state index in [0.717, 1.165) is 12.1 Å². The summed E-state index contributed by atoms with van der Waals surface area (Å²) in [6, 6.07) is 8.71. The highest BCUT2D eigenvalue weighted by molar-refractivity contribution is 5.30. The number of hydrogen-bond donors (Lipinski definition) is 2. The fourth-order valence-corrected chi connectivity index (χ4v) is 3.27. The Balaban J connectivity index is 1.80. The van der Waals surface area contributed by atoms with Crippen LogP contribution in [0.25, 0.3) is 0 Å². The number of nitrogens with one attached hydrogen (secondary N) is 1. The van der Waals surface area contributed by atoms with E-state index in [9.17, 15) is 0 Å². The van der Waals surface area contributed by atoms with Gasteiger partial charge in [0.25, 0.3) is 0 Å². The zero-order valence-electron chi connectivity index (χ0n) is 12.7. The average molecular weight is 284 g/mol. The highest BCUT2D eigenvalue weighted by atomic mass is 16.3. The van der Waals surface area contributed by atoms with Crippen molar-refractivity contribution < 1.29 is 5.11 Å². The van der Waals surface area contributed by atoms with E-state index in [4.69, 9.17) is 5.11 Å². The number of benzene rings is 1. The predicted molar refractivity (Wildman–Crippen MR) is 85.3 cm³/mol. The molecule has 112 valence electrons. The number of aliphatic hydroxyl groups is 1. The van der Waals surface area contributed by atoms with Gasteiger partial charge in [-0.25, -0.2) is 0 Å². The summed E-state index contributed by atoms with van der Waals surface area (Å²) in [5.41, 5.74) is 5.22. The molecular weight excluding hydrogens is 260 g/mol. The van der Waals surface area contributed by atoms with Gasteiger partial charge in [-0.05, 0) is 48.6 Å². The molecule has 0 amide bonds. The first-order chi connectivity index (χ1) is 10.3. The Bertz CT molecular complexity index is 586. The number of aromatic nitrogens is 1. The Kier molecular flexibility index (Phi) is 4.42. The first kappa shape index (κ1) is 14.4. The first-order valence-electron chi connectivity index (χ1n) is 7.84. The number of fused-ring (bicyclic) bond motifs is 1. The minimum absolute atomic E-state index is 0.113. The first-order valence-corrected chi connectivity index (χ1v) is 7.84. The van der Waals surface area contributed by atoms with Crippen LogP contribution in [0, 0.1) is 0 Å². The van der Waals surface area contributed by atoms with Crippen LogP contribution in [-0.2, 0) is 19.6 Å².